The van der Waals surface area contributed by atoms with Crippen molar-refractivity contribution in [3.63, 3.8) is 0 Å². The van der Waals surface area contributed by atoms with Gasteiger partial charge in [0.1, 0.15) is 6.10 Å². The van der Waals surface area contributed by atoms with Crippen molar-refractivity contribution in [1.82, 2.24) is 0 Å². The summed E-state index contributed by atoms with van der Waals surface area (Å²) in [5.41, 5.74) is 0.799. The molecule has 5 nitrogen and oxygen atoms in total. The van der Waals surface area contributed by atoms with Crippen LogP contribution in [-0.4, -0.2) is 41.3 Å². The number of fused-ring (bicyclic) bond motifs is 5. The second-order valence-electron chi connectivity index (χ2n) is 12.4. The summed E-state index contributed by atoms with van der Waals surface area (Å²) in [6.45, 7) is 9.55. The van der Waals surface area contributed by atoms with Gasteiger partial charge in [0.15, 0.2) is 6.29 Å². The molecule has 0 bridgehead atoms. The standard InChI is InChI=1S/C27H44O5.C2H6/c1-26-13-10-23-21(6-3-18-15-19(28)9-12-27(18,23)2)22(26)7-4-17(26)5-8-24(29)32-20-11-14-31-25(30)16-20;1-2/h17-23,25,28,30H,3-16H2,1-2H3;1-2H3. The minimum atomic E-state index is -0.796. The fraction of sp³-hybridized carbons (Fsp3) is 0.966. The predicted octanol–water partition coefficient (Wildman–Crippen LogP) is 5.85. The first-order valence-electron chi connectivity index (χ1n) is 14.5. The Morgan fingerprint density at radius 2 is 1.65 bits per heavy atom. The summed E-state index contributed by atoms with van der Waals surface area (Å²) in [4.78, 5) is 12.5. The van der Waals surface area contributed by atoms with E-state index in [-0.39, 0.29) is 18.2 Å². The maximum Gasteiger partial charge on any atom is 0.306 e. The van der Waals surface area contributed by atoms with Gasteiger partial charge in [-0.05, 0) is 105 Å². The van der Waals surface area contributed by atoms with Gasteiger partial charge in [0.2, 0.25) is 0 Å². The summed E-state index contributed by atoms with van der Waals surface area (Å²) in [5.74, 6) is 3.71. The van der Waals surface area contributed by atoms with Crippen LogP contribution >= 0.6 is 0 Å². The van der Waals surface area contributed by atoms with Crippen molar-refractivity contribution in [2.24, 2.45) is 40.4 Å². The molecule has 34 heavy (non-hydrogen) atoms. The molecule has 0 spiro atoms. The predicted molar refractivity (Wildman–Crippen MR) is 133 cm³/mol. The minimum Gasteiger partial charge on any atom is -0.462 e. The number of hydrogen-bond donors (Lipinski definition) is 2. The van der Waals surface area contributed by atoms with Crippen LogP contribution in [0.1, 0.15) is 111 Å². The monoisotopic (exact) mass is 478 g/mol. The van der Waals surface area contributed by atoms with Crippen molar-refractivity contribution in [3.05, 3.63) is 0 Å². The highest BCUT2D eigenvalue weighted by Gasteiger charge is 2.59. The van der Waals surface area contributed by atoms with Crippen molar-refractivity contribution < 1.29 is 24.5 Å². The topological polar surface area (TPSA) is 76.0 Å². The van der Waals surface area contributed by atoms with Crippen molar-refractivity contribution in [3.8, 4) is 0 Å². The van der Waals surface area contributed by atoms with Crippen LogP contribution in [0.2, 0.25) is 0 Å². The number of rotatable bonds is 4. The largest absolute Gasteiger partial charge is 0.462 e. The van der Waals surface area contributed by atoms with Crippen molar-refractivity contribution >= 4 is 5.97 Å². The van der Waals surface area contributed by atoms with E-state index in [1.165, 1.54) is 44.9 Å². The fourth-order valence-electron chi connectivity index (χ4n) is 9.21. The van der Waals surface area contributed by atoms with E-state index in [1.54, 1.807) is 0 Å². The second-order valence-corrected chi connectivity index (χ2v) is 12.4. The molecule has 5 aliphatic rings. The number of aliphatic hydroxyl groups is 2. The molecule has 0 amide bonds. The number of hydrogen-bond acceptors (Lipinski definition) is 5. The Balaban J connectivity index is 0.00000133. The molecule has 1 heterocycles. The van der Waals surface area contributed by atoms with Crippen LogP contribution in [0, 0.1) is 40.4 Å². The quantitative estimate of drug-likeness (QED) is 0.496. The lowest BCUT2D eigenvalue weighted by molar-refractivity contribution is -0.177. The Labute approximate surface area is 207 Å². The molecule has 5 heteroatoms. The zero-order chi connectivity index (χ0) is 24.5. The number of ether oxygens (including phenoxy) is 2. The number of carbonyl (C=O) groups is 1. The summed E-state index contributed by atoms with van der Waals surface area (Å²) in [7, 11) is 0. The van der Waals surface area contributed by atoms with Gasteiger partial charge < -0.3 is 19.7 Å². The van der Waals surface area contributed by atoms with E-state index >= 15 is 0 Å². The lowest BCUT2D eigenvalue weighted by Crippen LogP contribution is -2.53. The number of aliphatic hydroxyl groups excluding tert-OH is 2. The second kappa shape index (κ2) is 10.8. The number of esters is 1. The molecule has 0 aromatic rings. The third-order valence-electron chi connectivity index (χ3n) is 11.0. The Morgan fingerprint density at radius 3 is 2.41 bits per heavy atom. The molecule has 5 fully saturated rings. The van der Waals surface area contributed by atoms with Gasteiger partial charge in [-0.1, -0.05) is 27.7 Å². The third-order valence-corrected chi connectivity index (χ3v) is 11.0. The van der Waals surface area contributed by atoms with Crippen molar-refractivity contribution in [2.45, 2.75) is 130 Å². The Morgan fingerprint density at radius 1 is 0.912 bits per heavy atom. The number of carbonyl (C=O) groups excluding carboxylic acids is 1. The highest BCUT2D eigenvalue weighted by Crippen LogP contribution is 2.67. The Bertz CT molecular complexity index is 696. The molecule has 4 aliphatic carbocycles. The lowest BCUT2D eigenvalue weighted by atomic mass is 9.44. The Hall–Kier alpha value is -0.650. The zero-order valence-corrected chi connectivity index (χ0v) is 22.1. The molecule has 0 radical (unpaired) electrons. The van der Waals surface area contributed by atoms with E-state index in [1.807, 2.05) is 13.8 Å². The van der Waals surface area contributed by atoms with E-state index in [0.29, 0.717) is 48.5 Å². The van der Waals surface area contributed by atoms with E-state index in [9.17, 15) is 15.0 Å². The van der Waals surface area contributed by atoms with Gasteiger partial charge in [-0.25, -0.2) is 0 Å². The molecule has 2 N–H and O–H groups in total. The summed E-state index contributed by atoms with van der Waals surface area (Å²) >= 11 is 0. The van der Waals surface area contributed by atoms with Crippen LogP contribution in [0.3, 0.4) is 0 Å². The molecule has 196 valence electrons. The molecule has 5 rings (SSSR count). The van der Waals surface area contributed by atoms with Gasteiger partial charge >= 0.3 is 5.97 Å². The molecule has 1 saturated heterocycles. The Kier molecular flexibility index (Phi) is 8.36. The van der Waals surface area contributed by atoms with Gasteiger partial charge in [0.25, 0.3) is 0 Å². The fourth-order valence-corrected chi connectivity index (χ4v) is 9.21. The van der Waals surface area contributed by atoms with Crippen LogP contribution in [0.25, 0.3) is 0 Å². The highest BCUT2D eigenvalue weighted by atomic mass is 16.6. The zero-order valence-electron chi connectivity index (χ0n) is 22.1. The smallest absolute Gasteiger partial charge is 0.306 e. The van der Waals surface area contributed by atoms with Gasteiger partial charge in [0.05, 0.1) is 12.7 Å². The van der Waals surface area contributed by atoms with E-state index < -0.39 is 6.29 Å². The summed E-state index contributed by atoms with van der Waals surface area (Å²) < 4.78 is 10.8. The van der Waals surface area contributed by atoms with Crippen LogP contribution in [-0.2, 0) is 14.3 Å². The molecule has 10 atom stereocenters. The molecule has 0 aromatic carbocycles. The molecular formula is C29H50O5. The average molecular weight is 479 g/mol. The van der Waals surface area contributed by atoms with Crippen LogP contribution in [0.5, 0.6) is 0 Å². The van der Waals surface area contributed by atoms with E-state index in [4.69, 9.17) is 9.47 Å². The summed E-state index contributed by atoms with van der Waals surface area (Å²) in [6.07, 6.45) is 12.6. The highest BCUT2D eigenvalue weighted by molar-refractivity contribution is 5.69. The van der Waals surface area contributed by atoms with Gasteiger partial charge in [-0.3, -0.25) is 4.79 Å². The average Bonchev–Trinajstić information content (AvgIpc) is 3.16. The molecule has 0 aromatic heterocycles. The first-order chi connectivity index (χ1) is 16.3. The maximum atomic E-state index is 12.5. The van der Waals surface area contributed by atoms with Gasteiger partial charge in [0, 0.05) is 19.3 Å². The maximum absolute atomic E-state index is 12.5. The van der Waals surface area contributed by atoms with E-state index in [2.05, 4.69) is 13.8 Å². The first kappa shape index (κ1) is 26.4. The SMILES string of the molecule is CC.CC12CCC3C(CCC4CC(O)CCC43C)C1CCC2CCC(=O)OC1CCOC(O)C1. The third kappa shape index (κ3) is 4.95. The van der Waals surface area contributed by atoms with Crippen LogP contribution < -0.4 is 0 Å². The normalized spacial score (nSPS) is 47.9. The van der Waals surface area contributed by atoms with Crippen molar-refractivity contribution in [1.29, 1.82) is 0 Å². The van der Waals surface area contributed by atoms with Gasteiger partial charge in [-0.15, -0.1) is 0 Å². The summed E-state index contributed by atoms with van der Waals surface area (Å²) in [6, 6.07) is 0. The van der Waals surface area contributed by atoms with Crippen molar-refractivity contribution in [2.75, 3.05) is 6.61 Å². The minimum absolute atomic E-state index is 0.0708. The van der Waals surface area contributed by atoms with Crippen LogP contribution in [0.4, 0.5) is 0 Å². The molecular weight excluding hydrogens is 428 g/mol. The molecule has 1 aliphatic heterocycles. The lowest BCUT2D eigenvalue weighted by Gasteiger charge is -2.61. The van der Waals surface area contributed by atoms with E-state index in [0.717, 1.165) is 37.0 Å². The summed E-state index contributed by atoms with van der Waals surface area (Å²) in [5, 5.41) is 19.9. The molecule has 4 saturated carbocycles. The van der Waals surface area contributed by atoms with Crippen LogP contribution in [0.15, 0.2) is 0 Å². The molecule has 10 unspecified atom stereocenters. The van der Waals surface area contributed by atoms with Gasteiger partial charge in [-0.2, -0.15) is 0 Å². The first-order valence-corrected chi connectivity index (χ1v) is 14.5.